The van der Waals surface area contributed by atoms with Crippen LogP contribution in [0.3, 0.4) is 0 Å². The highest BCUT2D eigenvalue weighted by atomic mass is 19.2. The molecule has 192 valence electrons. The van der Waals surface area contributed by atoms with Crippen molar-refractivity contribution in [2.24, 2.45) is 5.11 Å². The number of nitrogens with zero attached hydrogens (tertiary/aromatic N) is 6. The van der Waals surface area contributed by atoms with Gasteiger partial charge in [-0.05, 0) is 17.7 Å². The van der Waals surface area contributed by atoms with Gasteiger partial charge in [0, 0.05) is 31.2 Å². The molecule has 3 rings (SSSR count). The van der Waals surface area contributed by atoms with Crippen molar-refractivity contribution in [3.8, 4) is 11.3 Å². The van der Waals surface area contributed by atoms with E-state index in [4.69, 9.17) is 24.5 Å². The van der Waals surface area contributed by atoms with Crippen LogP contribution in [0.4, 0.5) is 13.2 Å². The van der Waals surface area contributed by atoms with Crippen LogP contribution in [-0.4, -0.2) is 64.0 Å². The van der Waals surface area contributed by atoms with E-state index in [-0.39, 0.29) is 11.3 Å². The molecule has 0 N–H and O–H groups in total. The molecule has 0 bridgehead atoms. The van der Waals surface area contributed by atoms with E-state index in [2.05, 4.69) is 20.3 Å². The third-order valence-electron chi connectivity index (χ3n) is 4.95. The molecule has 2 heterocycles. The number of hydrogen-bond donors (Lipinski definition) is 0. The number of aromatic nitrogens is 3. The van der Waals surface area contributed by atoms with Gasteiger partial charge in [0.25, 0.3) is 0 Å². The summed E-state index contributed by atoms with van der Waals surface area (Å²) < 4.78 is 63.2. The molecule has 1 fully saturated rings. The molecule has 1 aliphatic heterocycles. The van der Waals surface area contributed by atoms with E-state index in [0.29, 0.717) is 12.1 Å². The minimum Gasteiger partial charge on any atom is -0.463 e. The van der Waals surface area contributed by atoms with Crippen LogP contribution in [0.15, 0.2) is 23.4 Å². The van der Waals surface area contributed by atoms with Crippen LogP contribution in [0.25, 0.3) is 21.7 Å². The van der Waals surface area contributed by atoms with Crippen LogP contribution in [0, 0.1) is 17.5 Å². The number of azide groups is 1. The minimum absolute atomic E-state index is 0.126. The topological polar surface area (TPSA) is 168 Å². The van der Waals surface area contributed by atoms with Crippen molar-refractivity contribution in [1.29, 1.82) is 0 Å². The molecule has 0 aliphatic carbocycles. The fourth-order valence-corrected chi connectivity index (χ4v) is 3.60. The third kappa shape index (κ3) is 5.90. The first kappa shape index (κ1) is 26.4. The van der Waals surface area contributed by atoms with Crippen molar-refractivity contribution >= 4 is 17.9 Å². The van der Waals surface area contributed by atoms with Gasteiger partial charge < -0.3 is 18.9 Å². The van der Waals surface area contributed by atoms with Crippen molar-refractivity contribution in [2.75, 3.05) is 6.61 Å². The maximum atomic E-state index is 13.7. The summed E-state index contributed by atoms with van der Waals surface area (Å²) in [4.78, 5) is 37.8. The fraction of sp³-hybridized carbons (Fsp3) is 0.450. The Hall–Kier alpha value is -4.17. The van der Waals surface area contributed by atoms with E-state index >= 15 is 0 Å². The largest absolute Gasteiger partial charge is 0.463 e. The zero-order valence-corrected chi connectivity index (χ0v) is 19.0. The normalized spacial score (nSPS) is 23.3. The molecule has 1 aromatic carbocycles. The van der Waals surface area contributed by atoms with Crippen LogP contribution >= 0.6 is 0 Å². The van der Waals surface area contributed by atoms with Crippen molar-refractivity contribution in [3.05, 3.63) is 46.2 Å². The van der Waals surface area contributed by atoms with E-state index in [1.165, 1.54) is 0 Å². The number of carbonyl (C=O) groups is 3. The summed E-state index contributed by atoms with van der Waals surface area (Å²) in [6.07, 6.45) is -4.34. The molecule has 36 heavy (non-hydrogen) atoms. The highest BCUT2D eigenvalue weighted by Crippen LogP contribution is 2.36. The molecule has 2 aromatic rings. The smallest absolute Gasteiger partial charge is 0.303 e. The highest BCUT2D eigenvalue weighted by Gasteiger charge is 2.51. The number of hydrogen-bond acceptors (Lipinski definition) is 10. The van der Waals surface area contributed by atoms with E-state index < -0.39 is 72.5 Å². The lowest BCUT2D eigenvalue weighted by molar-refractivity contribution is -0.227. The van der Waals surface area contributed by atoms with Gasteiger partial charge in [0.1, 0.15) is 24.4 Å². The lowest BCUT2D eigenvalue weighted by atomic mass is 9.95. The summed E-state index contributed by atoms with van der Waals surface area (Å²) in [6.45, 7) is 2.81. The molecule has 13 nitrogen and oxygen atoms in total. The molecule has 5 atom stereocenters. The maximum Gasteiger partial charge on any atom is 0.303 e. The Morgan fingerprint density at radius 2 is 1.69 bits per heavy atom. The maximum absolute atomic E-state index is 13.7. The second-order valence-corrected chi connectivity index (χ2v) is 7.55. The van der Waals surface area contributed by atoms with Crippen molar-refractivity contribution in [1.82, 2.24) is 15.0 Å². The Labute approximate surface area is 200 Å². The van der Waals surface area contributed by atoms with E-state index in [1.807, 2.05) is 0 Å². The number of benzene rings is 1. The number of ether oxygens (including phenoxy) is 4. The SMILES string of the molecule is CC(=O)OC[C@H]1O[C@H](N=[N+]=[N-])[C@H](OC(C)=O)[C@@H](n2cc(-c3cc(F)c(F)c(F)c3)nn2)[C@H]1OC(C)=O. The Morgan fingerprint density at radius 1 is 1.08 bits per heavy atom. The van der Waals surface area contributed by atoms with Gasteiger partial charge in [0.05, 0.1) is 6.20 Å². The number of esters is 3. The Morgan fingerprint density at radius 3 is 2.25 bits per heavy atom. The van der Waals surface area contributed by atoms with Gasteiger partial charge in [-0.1, -0.05) is 10.3 Å². The Balaban J connectivity index is 2.12. The first-order chi connectivity index (χ1) is 17.0. The third-order valence-corrected chi connectivity index (χ3v) is 4.95. The number of rotatable bonds is 7. The second-order valence-electron chi connectivity index (χ2n) is 7.55. The number of halogens is 3. The molecule has 0 radical (unpaired) electrons. The summed E-state index contributed by atoms with van der Waals surface area (Å²) in [6, 6.07) is 0.103. The summed E-state index contributed by atoms with van der Waals surface area (Å²) in [5, 5.41) is 11.2. The molecule has 0 unspecified atom stereocenters. The molecule has 1 aromatic heterocycles. The quantitative estimate of drug-likeness (QED) is 0.135. The minimum atomic E-state index is -1.68. The fourth-order valence-electron chi connectivity index (χ4n) is 3.60. The lowest BCUT2D eigenvalue weighted by Crippen LogP contribution is -2.58. The molecule has 16 heteroatoms. The van der Waals surface area contributed by atoms with Crippen LogP contribution in [-0.2, 0) is 33.3 Å². The predicted octanol–water partition coefficient (Wildman–Crippen LogP) is 2.37. The Kier molecular flexibility index (Phi) is 8.11. The summed E-state index contributed by atoms with van der Waals surface area (Å²) in [5.41, 5.74) is 8.70. The summed E-state index contributed by atoms with van der Waals surface area (Å²) in [7, 11) is 0. The predicted molar refractivity (Wildman–Crippen MR) is 110 cm³/mol. The van der Waals surface area contributed by atoms with Crippen LogP contribution in [0.2, 0.25) is 0 Å². The second kappa shape index (κ2) is 11.0. The van der Waals surface area contributed by atoms with Gasteiger partial charge in [-0.25, -0.2) is 17.9 Å². The molecule has 0 spiro atoms. The van der Waals surface area contributed by atoms with Crippen LogP contribution < -0.4 is 0 Å². The van der Waals surface area contributed by atoms with Gasteiger partial charge in [-0.15, -0.1) is 5.10 Å². The zero-order valence-electron chi connectivity index (χ0n) is 19.0. The monoisotopic (exact) mass is 512 g/mol. The molecular formula is C20H19F3N6O7. The van der Waals surface area contributed by atoms with Gasteiger partial charge in [-0.2, -0.15) is 0 Å². The average molecular weight is 512 g/mol. The van der Waals surface area contributed by atoms with Crippen LogP contribution in [0.5, 0.6) is 0 Å². The van der Waals surface area contributed by atoms with E-state index in [1.54, 1.807) is 0 Å². The molecule has 0 amide bonds. The average Bonchev–Trinajstić information content (AvgIpc) is 3.27. The van der Waals surface area contributed by atoms with Crippen molar-refractivity contribution in [2.45, 2.75) is 51.4 Å². The first-order valence-corrected chi connectivity index (χ1v) is 10.3. The van der Waals surface area contributed by atoms with E-state index in [9.17, 15) is 27.6 Å². The molecule has 1 aliphatic rings. The molecule has 1 saturated heterocycles. The van der Waals surface area contributed by atoms with E-state index in [0.717, 1.165) is 31.6 Å². The molecule has 0 saturated carbocycles. The lowest BCUT2D eigenvalue weighted by Gasteiger charge is -2.43. The van der Waals surface area contributed by atoms with Gasteiger partial charge in [0.15, 0.2) is 35.9 Å². The Bertz CT molecular complexity index is 1200. The van der Waals surface area contributed by atoms with Gasteiger partial charge in [0.2, 0.25) is 0 Å². The zero-order chi connectivity index (χ0) is 26.6. The van der Waals surface area contributed by atoms with Crippen molar-refractivity contribution in [3.63, 3.8) is 0 Å². The highest BCUT2D eigenvalue weighted by molar-refractivity contribution is 5.67. The van der Waals surface area contributed by atoms with Crippen LogP contribution in [0.1, 0.15) is 26.8 Å². The first-order valence-electron chi connectivity index (χ1n) is 10.3. The standard InChI is InChI=1S/C20H19F3N6O7/c1-8(30)33-7-15-18(34-9(2)31)17(19(35-10(3)32)20(36-15)26-27-24)29-6-14(25-28-29)11-4-12(21)16(23)13(22)5-11/h4-6,15,17-20H,7H2,1-3H3/t15-,17+,18+,19-,20+/m1/s1. The molecular weight excluding hydrogens is 493 g/mol. The van der Waals surface area contributed by atoms with Gasteiger partial charge in [-0.3, -0.25) is 14.4 Å². The van der Waals surface area contributed by atoms with Crippen molar-refractivity contribution < 1.29 is 46.5 Å². The summed E-state index contributed by atoms with van der Waals surface area (Å²) in [5.74, 6) is -6.92. The number of carbonyl (C=O) groups excluding carboxylic acids is 3. The van der Waals surface area contributed by atoms with Gasteiger partial charge >= 0.3 is 17.9 Å². The summed E-state index contributed by atoms with van der Waals surface area (Å²) >= 11 is 0.